The molecule has 1 aromatic carbocycles. The third-order valence-corrected chi connectivity index (χ3v) is 4.22. The summed E-state index contributed by atoms with van der Waals surface area (Å²) in [6, 6.07) is 6.87. The molecule has 1 aromatic rings. The number of nitrogens with zero attached hydrogens (tertiary/aromatic N) is 2. The van der Waals surface area contributed by atoms with E-state index in [2.05, 4.69) is 0 Å². The maximum atomic E-state index is 12.5. The van der Waals surface area contributed by atoms with Crippen molar-refractivity contribution in [2.75, 3.05) is 18.0 Å². The van der Waals surface area contributed by atoms with Gasteiger partial charge in [-0.15, -0.1) is 0 Å². The van der Waals surface area contributed by atoms with Crippen molar-refractivity contribution in [3.05, 3.63) is 29.3 Å². The number of carbonyl (C=O) groups excluding carboxylic acids is 2. The zero-order valence-corrected chi connectivity index (χ0v) is 12.1. The van der Waals surface area contributed by atoms with Crippen LogP contribution in [-0.4, -0.2) is 35.8 Å². The van der Waals surface area contributed by atoms with Crippen LogP contribution in [0.5, 0.6) is 0 Å². The van der Waals surface area contributed by atoms with E-state index in [1.807, 2.05) is 12.1 Å². The van der Waals surface area contributed by atoms with Crippen LogP contribution >= 0.6 is 11.6 Å². The normalized spacial score (nSPS) is 23.1. The van der Waals surface area contributed by atoms with Crippen molar-refractivity contribution in [2.45, 2.75) is 25.8 Å². The topological polar surface area (TPSA) is 40.6 Å². The van der Waals surface area contributed by atoms with Gasteiger partial charge in [0, 0.05) is 29.7 Å². The molecule has 1 saturated carbocycles. The highest BCUT2D eigenvalue weighted by Gasteiger charge is 2.40. The number of carbonyl (C=O) groups is 2. The minimum atomic E-state index is -0.393. The molecule has 1 atom stereocenters. The molecule has 4 nitrogen and oxygen atoms in total. The van der Waals surface area contributed by atoms with Gasteiger partial charge in [0.05, 0.1) is 0 Å². The second-order valence-corrected chi connectivity index (χ2v) is 5.89. The van der Waals surface area contributed by atoms with Gasteiger partial charge in [0.2, 0.25) is 11.8 Å². The first-order chi connectivity index (χ1) is 9.58. The zero-order valence-electron chi connectivity index (χ0n) is 11.4. The summed E-state index contributed by atoms with van der Waals surface area (Å²) in [7, 11) is 0. The quantitative estimate of drug-likeness (QED) is 0.839. The third-order valence-electron chi connectivity index (χ3n) is 3.98. The van der Waals surface area contributed by atoms with E-state index in [9.17, 15) is 9.59 Å². The lowest BCUT2D eigenvalue weighted by Gasteiger charge is -2.39. The van der Waals surface area contributed by atoms with E-state index >= 15 is 0 Å². The van der Waals surface area contributed by atoms with Gasteiger partial charge >= 0.3 is 0 Å². The molecule has 2 amide bonds. The predicted octanol–water partition coefficient (Wildman–Crippen LogP) is 2.31. The summed E-state index contributed by atoms with van der Waals surface area (Å²) in [6.45, 7) is 2.93. The molecule has 2 fully saturated rings. The van der Waals surface area contributed by atoms with Crippen molar-refractivity contribution in [2.24, 2.45) is 5.92 Å². The zero-order chi connectivity index (χ0) is 14.3. The first-order valence-electron chi connectivity index (χ1n) is 6.95. The standard InChI is InChI=1S/C15H17ClN2O2/c1-10-14(19)18(13-4-2-3-12(16)9-13)8-7-17(10)15(20)11-5-6-11/h2-4,9-11H,5-8H2,1H3/t10-/m1/s1. The van der Waals surface area contributed by atoms with Gasteiger partial charge in [0.15, 0.2) is 0 Å². The minimum absolute atomic E-state index is 0.0347. The average Bonchev–Trinajstić information content (AvgIpc) is 3.25. The smallest absolute Gasteiger partial charge is 0.249 e. The van der Waals surface area contributed by atoms with E-state index in [4.69, 9.17) is 11.6 Å². The summed E-state index contributed by atoms with van der Waals surface area (Å²) in [6.07, 6.45) is 1.93. The fraction of sp³-hybridized carbons (Fsp3) is 0.467. The summed E-state index contributed by atoms with van der Waals surface area (Å²) >= 11 is 5.97. The Morgan fingerprint density at radius 2 is 2.05 bits per heavy atom. The van der Waals surface area contributed by atoms with Gasteiger partial charge in [-0.3, -0.25) is 9.59 Å². The Bertz CT molecular complexity index is 557. The minimum Gasteiger partial charge on any atom is -0.329 e. The molecule has 5 heteroatoms. The van der Waals surface area contributed by atoms with Crippen molar-refractivity contribution < 1.29 is 9.59 Å². The van der Waals surface area contributed by atoms with Crippen LogP contribution in [0, 0.1) is 5.92 Å². The summed E-state index contributed by atoms with van der Waals surface area (Å²) < 4.78 is 0. The van der Waals surface area contributed by atoms with Crippen molar-refractivity contribution >= 4 is 29.1 Å². The summed E-state index contributed by atoms with van der Waals surface area (Å²) in [5, 5.41) is 0.611. The Labute approximate surface area is 123 Å². The molecule has 0 bridgehead atoms. The van der Waals surface area contributed by atoms with E-state index < -0.39 is 6.04 Å². The summed E-state index contributed by atoms with van der Waals surface area (Å²) in [5.74, 6) is 0.257. The Hall–Kier alpha value is -1.55. The van der Waals surface area contributed by atoms with Gasteiger partial charge < -0.3 is 9.80 Å². The number of anilines is 1. The number of piperazine rings is 1. The maximum Gasteiger partial charge on any atom is 0.249 e. The van der Waals surface area contributed by atoms with E-state index in [0.29, 0.717) is 18.1 Å². The van der Waals surface area contributed by atoms with Crippen LogP contribution in [0.3, 0.4) is 0 Å². The molecule has 0 aromatic heterocycles. The van der Waals surface area contributed by atoms with Crippen LogP contribution in [-0.2, 0) is 9.59 Å². The Morgan fingerprint density at radius 1 is 1.30 bits per heavy atom. The number of halogens is 1. The number of hydrogen-bond acceptors (Lipinski definition) is 2. The van der Waals surface area contributed by atoms with Gasteiger partial charge in [-0.1, -0.05) is 17.7 Å². The second-order valence-electron chi connectivity index (χ2n) is 5.45. The second kappa shape index (κ2) is 5.09. The highest BCUT2D eigenvalue weighted by atomic mass is 35.5. The maximum absolute atomic E-state index is 12.5. The van der Waals surface area contributed by atoms with Gasteiger partial charge in [0.1, 0.15) is 6.04 Å². The SMILES string of the molecule is C[C@@H]1C(=O)N(c2cccc(Cl)c2)CCN1C(=O)C1CC1. The fourth-order valence-corrected chi connectivity index (χ4v) is 2.82. The lowest BCUT2D eigenvalue weighted by atomic mass is 10.1. The molecule has 0 N–H and O–H groups in total. The molecule has 1 aliphatic heterocycles. The molecule has 106 valence electrons. The van der Waals surface area contributed by atoms with Crippen LogP contribution < -0.4 is 4.90 Å². The monoisotopic (exact) mass is 292 g/mol. The van der Waals surface area contributed by atoms with Crippen LogP contribution in [0.1, 0.15) is 19.8 Å². The predicted molar refractivity (Wildman–Crippen MR) is 77.7 cm³/mol. The van der Waals surface area contributed by atoms with E-state index in [1.54, 1.807) is 28.9 Å². The molecule has 0 unspecified atom stereocenters. The van der Waals surface area contributed by atoms with Gasteiger partial charge in [-0.2, -0.15) is 0 Å². The third kappa shape index (κ3) is 2.40. The molecule has 20 heavy (non-hydrogen) atoms. The van der Waals surface area contributed by atoms with Gasteiger partial charge in [-0.05, 0) is 38.0 Å². The lowest BCUT2D eigenvalue weighted by Crippen LogP contribution is -2.58. The number of rotatable bonds is 2. The molecule has 2 aliphatic rings. The Kier molecular flexibility index (Phi) is 3.42. The van der Waals surface area contributed by atoms with E-state index in [0.717, 1.165) is 18.5 Å². The lowest BCUT2D eigenvalue weighted by molar-refractivity contribution is -0.141. The summed E-state index contributed by atoms with van der Waals surface area (Å²) in [5.41, 5.74) is 0.799. The molecule has 1 aliphatic carbocycles. The Balaban J connectivity index is 1.78. The molecule has 0 radical (unpaired) electrons. The van der Waals surface area contributed by atoms with E-state index in [1.165, 1.54) is 0 Å². The molecular weight excluding hydrogens is 276 g/mol. The van der Waals surface area contributed by atoms with Crippen molar-refractivity contribution in [3.63, 3.8) is 0 Å². The van der Waals surface area contributed by atoms with Crippen molar-refractivity contribution in [1.29, 1.82) is 0 Å². The number of hydrogen-bond donors (Lipinski definition) is 0. The molecule has 1 heterocycles. The van der Waals surface area contributed by atoms with Crippen LogP contribution in [0.4, 0.5) is 5.69 Å². The van der Waals surface area contributed by atoms with Crippen molar-refractivity contribution in [1.82, 2.24) is 4.90 Å². The highest BCUT2D eigenvalue weighted by molar-refractivity contribution is 6.30. The average molecular weight is 293 g/mol. The highest BCUT2D eigenvalue weighted by Crippen LogP contribution is 2.33. The van der Waals surface area contributed by atoms with Crippen molar-refractivity contribution in [3.8, 4) is 0 Å². The van der Waals surface area contributed by atoms with Crippen LogP contribution in [0.25, 0.3) is 0 Å². The number of amides is 2. The summed E-state index contributed by atoms with van der Waals surface area (Å²) in [4.78, 5) is 28.1. The first kappa shape index (κ1) is 13.4. The molecule has 0 spiro atoms. The van der Waals surface area contributed by atoms with Gasteiger partial charge in [0.25, 0.3) is 0 Å². The molecule has 1 saturated heterocycles. The molecular formula is C15H17ClN2O2. The first-order valence-corrected chi connectivity index (χ1v) is 7.33. The number of benzene rings is 1. The fourth-order valence-electron chi connectivity index (χ4n) is 2.64. The largest absolute Gasteiger partial charge is 0.329 e. The Morgan fingerprint density at radius 3 is 2.70 bits per heavy atom. The molecule has 3 rings (SSSR count). The van der Waals surface area contributed by atoms with Crippen LogP contribution in [0.2, 0.25) is 5.02 Å². The van der Waals surface area contributed by atoms with Crippen LogP contribution in [0.15, 0.2) is 24.3 Å². The van der Waals surface area contributed by atoms with E-state index in [-0.39, 0.29) is 17.7 Å². The van der Waals surface area contributed by atoms with Gasteiger partial charge in [-0.25, -0.2) is 0 Å².